The molecule has 16 heavy (non-hydrogen) atoms. The number of hydrogen-bond donors (Lipinski definition) is 0. The molecule has 0 unspecified atom stereocenters. The standard InChI is InChI=1S/C11H11N5/c1-15-11(12-7-14-15)6-16-8-13-9-4-2-3-5-10(9)16/h2-5,7-8H,6H2,1H3. The summed E-state index contributed by atoms with van der Waals surface area (Å²) in [6.45, 7) is 0.691. The molecule has 5 nitrogen and oxygen atoms in total. The van der Waals surface area contributed by atoms with E-state index in [1.165, 1.54) is 0 Å². The molecule has 2 aromatic heterocycles. The Balaban J connectivity index is 2.04. The third-order valence-electron chi connectivity index (χ3n) is 2.64. The molecular weight excluding hydrogens is 202 g/mol. The van der Waals surface area contributed by atoms with Crippen LogP contribution in [0.3, 0.4) is 0 Å². The molecular formula is C11H11N5. The second-order valence-electron chi connectivity index (χ2n) is 3.66. The number of imidazole rings is 1. The Bertz CT molecular complexity index is 622. The van der Waals surface area contributed by atoms with Crippen LogP contribution in [0.1, 0.15) is 5.82 Å². The molecule has 0 saturated heterocycles. The molecule has 3 aromatic rings. The minimum atomic E-state index is 0.691. The number of benzene rings is 1. The topological polar surface area (TPSA) is 48.5 Å². The van der Waals surface area contributed by atoms with Gasteiger partial charge in [-0.05, 0) is 12.1 Å². The van der Waals surface area contributed by atoms with E-state index in [4.69, 9.17) is 0 Å². The lowest BCUT2D eigenvalue weighted by Crippen LogP contribution is -2.05. The van der Waals surface area contributed by atoms with E-state index in [2.05, 4.69) is 25.7 Å². The van der Waals surface area contributed by atoms with Gasteiger partial charge in [0.25, 0.3) is 0 Å². The largest absolute Gasteiger partial charge is 0.323 e. The number of rotatable bonds is 2. The van der Waals surface area contributed by atoms with Gasteiger partial charge in [-0.3, -0.25) is 4.68 Å². The van der Waals surface area contributed by atoms with Crippen LogP contribution in [0.4, 0.5) is 0 Å². The Labute approximate surface area is 92.4 Å². The monoisotopic (exact) mass is 213 g/mol. The summed E-state index contributed by atoms with van der Waals surface area (Å²) in [5, 5.41) is 4.05. The molecule has 5 heteroatoms. The average Bonchev–Trinajstić information content (AvgIpc) is 2.88. The second-order valence-corrected chi connectivity index (χ2v) is 3.66. The fourth-order valence-corrected chi connectivity index (χ4v) is 1.75. The minimum absolute atomic E-state index is 0.691. The summed E-state index contributed by atoms with van der Waals surface area (Å²) in [5.74, 6) is 0.920. The summed E-state index contributed by atoms with van der Waals surface area (Å²) >= 11 is 0. The van der Waals surface area contributed by atoms with Crippen LogP contribution in [0.15, 0.2) is 36.9 Å². The molecule has 0 bridgehead atoms. The van der Waals surface area contributed by atoms with Crippen molar-refractivity contribution in [3.8, 4) is 0 Å². The van der Waals surface area contributed by atoms with Crippen molar-refractivity contribution in [2.45, 2.75) is 6.54 Å². The van der Waals surface area contributed by atoms with Crippen molar-refractivity contribution in [2.24, 2.45) is 7.05 Å². The molecule has 3 rings (SSSR count). The SMILES string of the molecule is Cn1ncnc1Cn1cnc2ccccc21. The first-order chi connectivity index (χ1) is 7.84. The van der Waals surface area contributed by atoms with E-state index in [9.17, 15) is 0 Å². The lowest BCUT2D eigenvalue weighted by atomic mass is 10.3. The Morgan fingerprint density at radius 1 is 1.19 bits per heavy atom. The number of nitrogens with zero attached hydrogens (tertiary/aromatic N) is 5. The van der Waals surface area contributed by atoms with E-state index in [1.807, 2.05) is 31.6 Å². The predicted molar refractivity (Wildman–Crippen MR) is 59.8 cm³/mol. The van der Waals surface area contributed by atoms with E-state index in [0.717, 1.165) is 16.9 Å². The van der Waals surface area contributed by atoms with Crippen LogP contribution in [-0.4, -0.2) is 24.3 Å². The number of aryl methyl sites for hydroxylation is 1. The molecule has 0 amide bonds. The van der Waals surface area contributed by atoms with E-state index in [1.54, 1.807) is 11.0 Å². The van der Waals surface area contributed by atoms with Gasteiger partial charge >= 0.3 is 0 Å². The number of hydrogen-bond acceptors (Lipinski definition) is 3. The Morgan fingerprint density at radius 3 is 2.88 bits per heavy atom. The van der Waals surface area contributed by atoms with E-state index < -0.39 is 0 Å². The second kappa shape index (κ2) is 3.44. The molecule has 0 radical (unpaired) electrons. The molecule has 0 aliphatic carbocycles. The van der Waals surface area contributed by atoms with Gasteiger partial charge < -0.3 is 4.57 Å². The zero-order chi connectivity index (χ0) is 11.0. The minimum Gasteiger partial charge on any atom is -0.323 e. The first-order valence-electron chi connectivity index (χ1n) is 5.07. The van der Waals surface area contributed by atoms with E-state index >= 15 is 0 Å². The van der Waals surface area contributed by atoms with Gasteiger partial charge in [-0.1, -0.05) is 12.1 Å². The molecule has 2 heterocycles. The Kier molecular flexibility index (Phi) is 1.96. The normalized spacial score (nSPS) is 11.1. The smallest absolute Gasteiger partial charge is 0.146 e. The van der Waals surface area contributed by atoms with Crippen LogP contribution < -0.4 is 0 Å². The highest BCUT2D eigenvalue weighted by atomic mass is 15.3. The molecule has 0 spiro atoms. The Morgan fingerprint density at radius 2 is 2.06 bits per heavy atom. The van der Waals surface area contributed by atoms with E-state index in [0.29, 0.717) is 6.54 Å². The zero-order valence-corrected chi connectivity index (χ0v) is 8.91. The van der Waals surface area contributed by atoms with Gasteiger partial charge in [-0.25, -0.2) is 9.97 Å². The van der Waals surface area contributed by atoms with Crippen LogP contribution in [0.2, 0.25) is 0 Å². The maximum Gasteiger partial charge on any atom is 0.146 e. The summed E-state index contributed by atoms with van der Waals surface area (Å²) in [6.07, 6.45) is 3.40. The molecule has 0 aliphatic rings. The predicted octanol–water partition coefficient (Wildman–Crippen LogP) is 1.21. The first kappa shape index (κ1) is 9.08. The summed E-state index contributed by atoms with van der Waals surface area (Å²) in [7, 11) is 1.89. The van der Waals surface area contributed by atoms with Crippen molar-refractivity contribution >= 4 is 11.0 Å². The number of para-hydroxylation sites is 2. The third kappa shape index (κ3) is 1.37. The summed E-state index contributed by atoms with van der Waals surface area (Å²) in [4.78, 5) is 8.54. The van der Waals surface area contributed by atoms with Crippen LogP contribution in [0, 0.1) is 0 Å². The lowest BCUT2D eigenvalue weighted by molar-refractivity contribution is 0.662. The zero-order valence-electron chi connectivity index (χ0n) is 8.91. The van der Waals surface area contributed by atoms with E-state index in [-0.39, 0.29) is 0 Å². The van der Waals surface area contributed by atoms with Crippen LogP contribution in [-0.2, 0) is 13.6 Å². The van der Waals surface area contributed by atoms with Gasteiger partial charge in [0.2, 0.25) is 0 Å². The quantitative estimate of drug-likeness (QED) is 0.643. The maximum absolute atomic E-state index is 4.33. The van der Waals surface area contributed by atoms with Gasteiger partial charge in [-0.2, -0.15) is 5.10 Å². The summed E-state index contributed by atoms with van der Waals surface area (Å²) in [5.41, 5.74) is 2.12. The maximum atomic E-state index is 4.33. The van der Waals surface area contributed by atoms with Crippen molar-refractivity contribution in [3.63, 3.8) is 0 Å². The van der Waals surface area contributed by atoms with Crippen LogP contribution >= 0.6 is 0 Å². The molecule has 0 N–H and O–H groups in total. The highest BCUT2D eigenvalue weighted by Crippen LogP contribution is 2.12. The third-order valence-corrected chi connectivity index (χ3v) is 2.64. The number of aromatic nitrogens is 5. The highest BCUT2D eigenvalue weighted by molar-refractivity contribution is 5.74. The Hall–Kier alpha value is -2.17. The molecule has 1 aromatic carbocycles. The van der Waals surface area contributed by atoms with Crippen LogP contribution in [0.5, 0.6) is 0 Å². The first-order valence-corrected chi connectivity index (χ1v) is 5.07. The van der Waals surface area contributed by atoms with Gasteiger partial charge in [0.15, 0.2) is 0 Å². The van der Waals surface area contributed by atoms with Crippen molar-refractivity contribution in [2.75, 3.05) is 0 Å². The number of fused-ring (bicyclic) bond motifs is 1. The van der Waals surface area contributed by atoms with Crippen molar-refractivity contribution in [1.82, 2.24) is 24.3 Å². The van der Waals surface area contributed by atoms with Crippen LogP contribution in [0.25, 0.3) is 11.0 Å². The van der Waals surface area contributed by atoms with Gasteiger partial charge in [0.1, 0.15) is 12.2 Å². The fraction of sp³-hybridized carbons (Fsp3) is 0.182. The van der Waals surface area contributed by atoms with Crippen molar-refractivity contribution in [1.29, 1.82) is 0 Å². The van der Waals surface area contributed by atoms with Gasteiger partial charge in [-0.15, -0.1) is 0 Å². The molecule has 0 fully saturated rings. The van der Waals surface area contributed by atoms with Crippen molar-refractivity contribution < 1.29 is 0 Å². The molecule has 0 atom stereocenters. The summed E-state index contributed by atoms with van der Waals surface area (Å²) in [6, 6.07) is 8.06. The molecule has 0 saturated carbocycles. The molecule has 0 aliphatic heterocycles. The van der Waals surface area contributed by atoms with Crippen molar-refractivity contribution in [3.05, 3.63) is 42.7 Å². The van der Waals surface area contributed by atoms with Gasteiger partial charge in [0.05, 0.1) is 23.9 Å². The van der Waals surface area contributed by atoms with Gasteiger partial charge in [0, 0.05) is 7.05 Å². The average molecular weight is 213 g/mol. The fourth-order valence-electron chi connectivity index (χ4n) is 1.75. The lowest BCUT2D eigenvalue weighted by Gasteiger charge is -2.02. The highest BCUT2D eigenvalue weighted by Gasteiger charge is 2.05. The molecule has 80 valence electrons. The summed E-state index contributed by atoms with van der Waals surface area (Å²) < 4.78 is 3.84.